The quantitative estimate of drug-likeness (QED) is 0.792. The number of hydrogen-bond acceptors (Lipinski definition) is 2. The summed E-state index contributed by atoms with van der Waals surface area (Å²) in [5.74, 6) is 0.00243. The average Bonchev–Trinajstić information content (AvgIpc) is 2.28. The number of alkyl halides is 3. The topological polar surface area (TPSA) is 43.3 Å². The largest absolute Gasteiger partial charge is 0.604 e. The molecule has 0 saturated carbocycles. The van der Waals surface area contributed by atoms with Crippen molar-refractivity contribution in [2.24, 2.45) is 0 Å². The summed E-state index contributed by atoms with van der Waals surface area (Å²) in [4.78, 5) is -0.204. The molecule has 0 aliphatic heterocycles. The van der Waals surface area contributed by atoms with Crippen molar-refractivity contribution in [2.75, 3.05) is 0 Å². The van der Waals surface area contributed by atoms with Crippen LogP contribution in [0.4, 0.5) is 13.2 Å². The fraction of sp³-hybridized carbons (Fsp3) is 0.455. The predicted octanol–water partition coefficient (Wildman–Crippen LogP) is 2.90. The van der Waals surface area contributed by atoms with Gasteiger partial charge in [0.15, 0.2) is 4.90 Å². The molecule has 2 nitrogen and oxygen atoms in total. The van der Waals surface area contributed by atoms with Crippen molar-refractivity contribution in [3.63, 3.8) is 0 Å². The lowest BCUT2D eigenvalue weighted by Crippen LogP contribution is -2.25. The lowest BCUT2D eigenvalue weighted by atomic mass is 9.91. The van der Waals surface area contributed by atoms with Gasteiger partial charge in [0.2, 0.25) is 0 Å². The summed E-state index contributed by atoms with van der Waals surface area (Å²) in [6, 6.07) is 2.31. The summed E-state index contributed by atoms with van der Waals surface area (Å²) in [5, 5.41) is 9.59. The van der Waals surface area contributed by atoms with E-state index in [0.29, 0.717) is 24.0 Å². The molecule has 1 aromatic carbocycles. The van der Waals surface area contributed by atoms with Crippen molar-refractivity contribution in [2.45, 2.75) is 36.1 Å². The molecule has 1 aliphatic carbocycles. The van der Waals surface area contributed by atoms with Crippen molar-refractivity contribution in [1.82, 2.24) is 0 Å². The van der Waals surface area contributed by atoms with E-state index in [2.05, 4.69) is 0 Å². The highest BCUT2D eigenvalue weighted by atomic mass is 32.2. The molecule has 17 heavy (non-hydrogen) atoms. The molecule has 1 aliphatic rings. The maximum Gasteiger partial charge on any atom is 0.578 e. The van der Waals surface area contributed by atoms with Gasteiger partial charge in [-0.2, -0.15) is 0 Å². The molecule has 0 bridgehead atoms. The molecule has 0 amide bonds. The Kier molecular flexibility index (Phi) is 3.27. The molecule has 94 valence electrons. The van der Waals surface area contributed by atoms with Crippen molar-refractivity contribution in [1.29, 1.82) is 0 Å². The van der Waals surface area contributed by atoms with Crippen LogP contribution in [0.5, 0.6) is 5.75 Å². The van der Waals surface area contributed by atoms with E-state index in [9.17, 15) is 22.8 Å². The first-order valence-corrected chi connectivity index (χ1v) is 6.38. The molecule has 1 aromatic rings. The number of fused-ring (bicyclic) bond motifs is 1. The van der Waals surface area contributed by atoms with Gasteiger partial charge in [-0.3, -0.25) is 0 Å². The van der Waals surface area contributed by atoms with E-state index in [1.54, 1.807) is 0 Å². The third-order valence-electron chi connectivity index (χ3n) is 2.88. The summed E-state index contributed by atoms with van der Waals surface area (Å²) in [6.07, 6.45) is 2.59. The third kappa shape index (κ3) is 2.37. The first-order valence-electron chi connectivity index (χ1n) is 5.23. The Morgan fingerprint density at radius 3 is 2.29 bits per heavy atom. The van der Waals surface area contributed by atoms with Gasteiger partial charge >= 0.3 is 5.51 Å². The van der Waals surface area contributed by atoms with Crippen LogP contribution >= 0.6 is 0 Å². The summed E-state index contributed by atoms with van der Waals surface area (Å²) in [6.45, 7) is 0. The molecule has 2 rings (SSSR count). The lowest BCUT2D eigenvalue weighted by Gasteiger charge is -2.21. The highest BCUT2D eigenvalue weighted by molar-refractivity contribution is 7.92. The molecule has 0 radical (unpaired) electrons. The van der Waals surface area contributed by atoms with E-state index in [1.165, 1.54) is 6.07 Å². The Bertz CT molecular complexity index is 431. The van der Waals surface area contributed by atoms with Gasteiger partial charge in [0.05, 0.1) is 11.2 Å². The fourth-order valence-corrected chi connectivity index (χ4v) is 3.00. The zero-order valence-electron chi connectivity index (χ0n) is 8.88. The molecule has 6 heteroatoms. The van der Waals surface area contributed by atoms with Gasteiger partial charge in [0, 0.05) is 11.1 Å². The second kappa shape index (κ2) is 4.42. The van der Waals surface area contributed by atoms with Crippen LogP contribution < -0.4 is 0 Å². The van der Waals surface area contributed by atoms with Crippen LogP contribution in [0.2, 0.25) is 0 Å². The Labute approximate surface area is 99.6 Å². The lowest BCUT2D eigenvalue weighted by molar-refractivity contribution is -0.0435. The molecule has 0 fully saturated rings. The summed E-state index contributed by atoms with van der Waals surface area (Å²) in [7, 11) is 0. The second-order valence-corrected chi connectivity index (χ2v) is 5.40. The highest BCUT2D eigenvalue weighted by Crippen LogP contribution is 2.38. The second-order valence-electron chi connectivity index (χ2n) is 3.96. The van der Waals surface area contributed by atoms with Gasteiger partial charge in [0.25, 0.3) is 0 Å². The first kappa shape index (κ1) is 12.6. The van der Waals surface area contributed by atoms with E-state index in [0.717, 1.165) is 18.9 Å². The van der Waals surface area contributed by atoms with Gasteiger partial charge < -0.3 is 9.66 Å². The third-order valence-corrected chi connectivity index (χ3v) is 4.08. The molecule has 1 unspecified atom stereocenters. The number of halogens is 3. The molecule has 0 spiro atoms. The van der Waals surface area contributed by atoms with Crippen LogP contribution in [0.25, 0.3) is 0 Å². The fourth-order valence-electron chi connectivity index (χ4n) is 2.11. The number of rotatable bonds is 1. The Morgan fingerprint density at radius 2 is 1.71 bits per heavy atom. The van der Waals surface area contributed by atoms with Crippen LogP contribution in [-0.2, 0) is 24.0 Å². The summed E-state index contributed by atoms with van der Waals surface area (Å²) < 4.78 is 48.7. The number of phenols is 1. The molecular formula is C11H11F3O2S. The van der Waals surface area contributed by atoms with E-state index >= 15 is 0 Å². The van der Waals surface area contributed by atoms with E-state index in [1.807, 2.05) is 0 Å². The SMILES string of the molecule is [O-][S+](c1ccc(O)c2c1CCCC2)C(F)(F)F. The number of benzene rings is 1. The van der Waals surface area contributed by atoms with Gasteiger partial charge in [-0.15, -0.1) is 13.2 Å². The summed E-state index contributed by atoms with van der Waals surface area (Å²) in [5.41, 5.74) is -3.82. The van der Waals surface area contributed by atoms with Crippen LogP contribution in [0.3, 0.4) is 0 Å². The summed E-state index contributed by atoms with van der Waals surface area (Å²) >= 11 is -3.01. The standard InChI is InChI=1S/C11H11F3O2S/c12-11(13,14)17(16)10-6-5-9(15)7-3-1-2-4-8(7)10/h5-6,15H,1-4H2. The molecule has 0 aromatic heterocycles. The number of phenolic OH excluding ortho intramolecular Hbond substituents is 1. The van der Waals surface area contributed by atoms with Gasteiger partial charge in [0.1, 0.15) is 5.75 Å². The predicted molar refractivity (Wildman–Crippen MR) is 57.2 cm³/mol. The minimum absolute atomic E-state index is 0.00243. The van der Waals surface area contributed by atoms with E-state index in [4.69, 9.17) is 0 Å². The van der Waals surface area contributed by atoms with Gasteiger partial charge in [-0.1, -0.05) is 0 Å². The molecular weight excluding hydrogens is 253 g/mol. The minimum atomic E-state index is -4.75. The zero-order chi connectivity index (χ0) is 12.6. The van der Waals surface area contributed by atoms with Crippen LogP contribution in [0.1, 0.15) is 24.0 Å². The maximum atomic E-state index is 12.4. The Morgan fingerprint density at radius 1 is 1.12 bits per heavy atom. The molecule has 1 N–H and O–H groups in total. The Balaban J connectivity index is 2.49. The van der Waals surface area contributed by atoms with Crippen molar-refractivity contribution in [3.8, 4) is 5.75 Å². The highest BCUT2D eigenvalue weighted by Gasteiger charge is 2.47. The van der Waals surface area contributed by atoms with Gasteiger partial charge in [-0.05, 0) is 37.8 Å². The molecule has 1 atom stereocenters. The van der Waals surface area contributed by atoms with E-state index < -0.39 is 16.7 Å². The number of aromatic hydroxyl groups is 1. The Hall–Kier alpha value is -0.880. The monoisotopic (exact) mass is 264 g/mol. The van der Waals surface area contributed by atoms with Crippen molar-refractivity contribution in [3.05, 3.63) is 23.3 Å². The van der Waals surface area contributed by atoms with Crippen LogP contribution in [0.15, 0.2) is 17.0 Å². The van der Waals surface area contributed by atoms with Crippen molar-refractivity contribution < 1.29 is 22.8 Å². The van der Waals surface area contributed by atoms with Crippen LogP contribution in [0, 0.1) is 0 Å². The van der Waals surface area contributed by atoms with Crippen molar-refractivity contribution >= 4 is 11.2 Å². The van der Waals surface area contributed by atoms with Crippen LogP contribution in [-0.4, -0.2) is 15.2 Å². The first-order chi connectivity index (χ1) is 7.91. The smallest absolute Gasteiger partial charge is 0.578 e. The maximum absolute atomic E-state index is 12.4. The van der Waals surface area contributed by atoms with E-state index in [-0.39, 0.29) is 10.6 Å². The average molecular weight is 264 g/mol. The number of hydrogen-bond donors (Lipinski definition) is 1. The molecule has 0 saturated heterocycles. The normalized spacial score (nSPS) is 17.6. The molecule has 0 heterocycles. The minimum Gasteiger partial charge on any atom is -0.604 e. The van der Waals surface area contributed by atoms with Gasteiger partial charge in [-0.25, -0.2) is 0 Å². The zero-order valence-corrected chi connectivity index (χ0v) is 9.70.